The number of carbonyl (C=O) groups is 1. The summed E-state index contributed by atoms with van der Waals surface area (Å²) in [5, 5.41) is 8.57. The third-order valence-corrected chi connectivity index (χ3v) is 1.62. The van der Waals surface area contributed by atoms with Crippen LogP contribution in [0.1, 0.15) is 10.4 Å². The Morgan fingerprint density at radius 2 is 2.31 bits per heavy atom. The van der Waals surface area contributed by atoms with Gasteiger partial charge >= 0.3 is 0 Å². The van der Waals surface area contributed by atoms with Gasteiger partial charge in [0.25, 0.3) is 5.56 Å². The molecule has 0 saturated heterocycles. The van der Waals surface area contributed by atoms with Gasteiger partial charge in [-0.15, -0.1) is 0 Å². The van der Waals surface area contributed by atoms with E-state index < -0.39 is 5.91 Å². The highest BCUT2D eigenvalue weighted by Crippen LogP contribution is 1.92. The maximum absolute atomic E-state index is 11.2. The molecule has 0 radical (unpaired) electrons. The van der Waals surface area contributed by atoms with Gasteiger partial charge in [0.15, 0.2) is 0 Å². The molecule has 1 rings (SSSR count). The van der Waals surface area contributed by atoms with Gasteiger partial charge in [-0.1, -0.05) is 0 Å². The van der Waals surface area contributed by atoms with E-state index in [1.165, 1.54) is 16.8 Å². The number of carbonyl (C=O) groups excluding carboxylic acids is 1. The molecule has 0 unspecified atom stereocenters. The number of hydrogen-bond acceptors (Lipinski definition) is 3. The first kappa shape index (κ1) is 9.47. The van der Waals surface area contributed by atoms with Crippen LogP contribution in [0.2, 0.25) is 0 Å². The highest BCUT2D eigenvalue weighted by Gasteiger charge is 2.01. The lowest BCUT2D eigenvalue weighted by molar-refractivity contribution is 0.1000. The second-order valence-electron chi connectivity index (χ2n) is 2.53. The van der Waals surface area contributed by atoms with Crippen molar-refractivity contribution in [3.63, 3.8) is 0 Å². The van der Waals surface area contributed by atoms with Crippen molar-refractivity contribution in [1.82, 2.24) is 4.57 Å². The minimum absolute atomic E-state index is 0.115. The fraction of sp³-hybridized carbons (Fsp3) is 0.250. The zero-order valence-corrected chi connectivity index (χ0v) is 6.93. The summed E-state index contributed by atoms with van der Waals surface area (Å²) in [5.74, 6) is -0.631. The van der Waals surface area contributed by atoms with Gasteiger partial charge in [-0.2, -0.15) is 0 Å². The van der Waals surface area contributed by atoms with Crippen LogP contribution in [0.5, 0.6) is 0 Å². The molecule has 0 fully saturated rings. The number of aromatic nitrogens is 1. The first-order chi connectivity index (χ1) is 6.15. The monoisotopic (exact) mass is 182 g/mol. The summed E-state index contributed by atoms with van der Waals surface area (Å²) < 4.78 is 1.30. The molecular weight excluding hydrogens is 172 g/mol. The molecule has 0 aliphatic rings. The molecule has 1 aromatic rings. The number of nitrogens with zero attached hydrogens (tertiary/aromatic N) is 1. The van der Waals surface area contributed by atoms with Crippen LogP contribution in [0.15, 0.2) is 23.1 Å². The zero-order valence-electron chi connectivity index (χ0n) is 6.93. The zero-order chi connectivity index (χ0) is 9.84. The van der Waals surface area contributed by atoms with Gasteiger partial charge in [0.05, 0.1) is 6.61 Å². The molecule has 1 heterocycles. The molecule has 0 spiro atoms. The molecule has 5 heteroatoms. The predicted octanol–water partition coefficient (Wildman–Crippen LogP) is -1.06. The maximum Gasteiger partial charge on any atom is 0.251 e. The van der Waals surface area contributed by atoms with Crippen LogP contribution in [0.3, 0.4) is 0 Å². The van der Waals surface area contributed by atoms with Crippen LogP contribution in [0.25, 0.3) is 0 Å². The van der Waals surface area contributed by atoms with Crippen LogP contribution in [-0.2, 0) is 6.54 Å². The first-order valence-corrected chi connectivity index (χ1v) is 3.76. The van der Waals surface area contributed by atoms with Crippen LogP contribution in [0.4, 0.5) is 0 Å². The lowest BCUT2D eigenvalue weighted by Gasteiger charge is -2.02. The number of rotatable bonds is 3. The molecule has 0 aromatic carbocycles. The second kappa shape index (κ2) is 3.86. The quantitative estimate of drug-likeness (QED) is 0.624. The molecule has 13 heavy (non-hydrogen) atoms. The third kappa shape index (κ3) is 2.16. The summed E-state index contributed by atoms with van der Waals surface area (Å²) in [6.45, 7) is 0.105. The largest absolute Gasteiger partial charge is 0.395 e. The minimum Gasteiger partial charge on any atom is -0.395 e. The molecule has 3 N–H and O–H groups in total. The number of aliphatic hydroxyl groups excluding tert-OH is 1. The summed E-state index contributed by atoms with van der Waals surface area (Å²) in [6.07, 6.45) is 1.43. The van der Waals surface area contributed by atoms with Crippen molar-refractivity contribution in [1.29, 1.82) is 0 Å². The van der Waals surface area contributed by atoms with E-state index in [1.54, 1.807) is 0 Å². The van der Waals surface area contributed by atoms with E-state index in [2.05, 4.69) is 0 Å². The van der Waals surface area contributed by atoms with Gasteiger partial charge in [-0.3, -0.25) is 9.59 Å². The molecule has 1 aromatic heterocycles. The van der Waals surface area contributed by atoms with Gasteiger partial charge in [-0.25, -0.2) is 0 Å². The summed E-state index contributed by atoms with van der Waals surface area (Å²) in [7, 11) is 0. The van der Waals surface area contributed by atoms with Gasteiger partial charge in [0.1, 0.15) is 0 Å². The summed E-state index contributed by atoms with van der Waals surface area (Å²) in [5.41, 5.74) is 4.81. The number of hydrogen-bond donors (Lipinski definition) is 2. The van der Waals surface area contributed by atoms with Crippen molar-refractivity contribution in [2.45, 2.75) is 6.54 Å². The molecule has 0 aliphatic carbocycles. The Morgan fingerprint density at radius 1 is 1.62 bits per heavy atom. The Morgan fingerprint density at radius 3 is 2.77 bits per heavy atom. The van der Waals surface area contributed by atoms with Crippen molar-refractivity contribution in [2.24, 2.45) is 5.73 Å². The first-order valence-electron chi connectivity index (χ1n) is 3.76. The SMILES string of the molecule is NC(=O)c1ccn(CCO)c(=O)c1. The van der Waals surface area contributed by atoms with Gasteiger partial charge < -0.3 is 15.4 Å². The van der Waals surface area contributed by atoms with Crippen molar-refractivity contribution >= 4 is 5.91 Å². The van der Waals surface area contributed by atoms with Crippen molar-refractivity contribution in [3.8, 4) is 0 Å². The van der Waals surface area contributed by atoms with Crippen LogP contribution >= 0.6 is 0 Å². The van der Waals surface area contributed by atoms with Crippen molar-refractivity contribution in [2.75, 3.05) is 6.61 Å². The summed E-state index contributed by atoms with van der Waals surface area (Å²) in [4.78, 5) is 21.8. The maximum atomic E-state index is 11.2. The standard InChI is InChI=1S/C8H10N2O3/c9-8(13)6-1-2-10(3-4-11)7(12)5-6/h1-2,5,11H,3-4H2,(H2,9,13). The third-order valence-electron chi connectivity index (χ3n) is 1.62. The average Bonchev–Trinajstić information content (AvgIpc) is 2.08. The molecule has 5 nitrogen and oxygen atoms in total. The van der Waals surface area contributed by atoms with E-state index in [0.717, 1.165) is 6.07 Å². The lowest BCUT2D eigenvalue weighted by atomic mass is 10.2. The number of primary amides is 1. The highest BCUT2D eigenvalue weighted by atomic mass is 16.3. The second-order valence-corrected chi connectivity index (χ2v) is 2.53. The van der Waals surface area contributed by atoms with Gasteiger partial charge in [0.2, 0.25) is 5.91 Å². The van der Waals surface area contributed by atoms with E-state index >= 15 is 0 Å². The smallest absolute Gasteiger partial charge is 0.251 e. The molecule has 0 saturated carbocycles. The van der Waals surface area contributed by atoms with E-state index in [-0.39, 0.29) is 24.3 Å². The van der Waals surface area contributed by atoms with Crippen molar-refractivity contribution in [3.05, 3.63) is 34.2 Å². The highest BCUT2D eigenvalue weighted by molar-refractivity contribution is 5.92. The Labute approximate surface area is 74.4 Å². The van der Waals surface area contributed by atoms with Crippen LogP contribution in [0, 0.1) is 0 Å². The normalized spacial score (nSPS) is 9.92. The predicted molar refractivity (Wildman–Crippen MR) is 46.3 cm³/mol. The average molecular weight is 182 g/mol. The van der Waals surface area contributed by atoms with E-state index in [9.17, 15) is 9.59 Å². The van der Waals surface area contributed by atoms with E-state index in [0.29, 0.717) is 0 Å². The Kier molecular flexibility index (Phi) is 2.81. The number of pyridine rings is 1. The van der Waals surface area contributed by atoms with Gasteiger partial charge in [0, 0.05) is 24.4 Å². The fourth-order valence-electron chi connectivity index (χ4n) is 0.954. The fourth-order valence-corrected chi connectivity index (χ4v) is 0.954. The van der Waals surface area contributed by atoms with E-state index in [1.807, 2.05) is 0 Å². The molecular formula is C8H10N2O3. The summed E-state index contributed by atoms with van der Waals surface area (Å²) >= 11 is 0. The Bertz CT molecular complexity index is 370. The molecule has 1 amide bonds. The van der Waals surface area contributed by atoms with Gasteiger partial charge in [-0.05, 0) is 6.07 Å². The number of aliphatic hydroxyl groups is 1. The number of nitrogens with two attached hydrogens (primary N) is 1. The Hall–Kier alpha value is -1.62. The van der Waals surface area contributed by atoms with Crippen LogP contribution < -0.4 is 11.3 Å². The summed E-state index contributed by atoms with van der Waals surface area (Å²) in [6, 6.07) is 2.59. The molecule has 0 bridgehead atoms. The number of amides is 1. The van der Waals surface area contributed by atoms with Crippen molar-refractivity contribution < 1.29 is 9.90 Å². The molecule has 70 valence electrons. The van der Waals surface area contributed by atoms with E-state index in [4.69, 9.17) is 10.8 Å². The molecule has 0 atom stereocenters. The lowest BCUT2D eigenvalue weighted by Crippen LogP contribution is -2.23. The topological polar surface area (TPSA) is 85.3 Å². The minimum atomic E-state index is -0.631. The Balaban J connectivity index is 3.06. The molecule has 0 aliphatic heterocycles. The van der Waals surface area contributed by atoms with Crippen LogP contribution in [-0.4, -0.2) is 22.2 Å².